The summed E-state index contributed by atoms with van der Waals surface area (Å²) in [5, 5.41) is 2.84. The van der Waals surface area contributed by atoms with E-state index < -0.39 is 0 Å². The lowest BCUT2D eigenvalue weighted by molar-refractivity contribution is -0.141. The average molecular weight is 343 g/mol. The molecule has 1 aromatic carbocycles. The van der Waals surface area contributed by atoms with Crippen molar-refractivity contribution >= 4 is 22.9 Å². The first kappa shape index (κ1) is 18.7. The number of allylic oxidation sites excluding steroid dienone is 1. The second-order valence-electron chi connectivity index (χ2n) is 5.78. The number of aromatic nitrogens is 2. The van der Waals surface area contributed by atoms with Crippen molar-refractivity contribution in [3.8, 4) is 0 Å². The predicted molar refractivity (Wildman–Crippen MR) is 97.1 cm³/mol. The lowest BCUT2D eigenvalue weighted by atomic mass is 10.2. The summed E-state index contributed by atoms with van der Waals surface area (Å²) in [6.07, 6.45) is 6.88. The molecule has 6 nitrogen and oxygen atoms in total. The number of esters is 1. The fourth-order valence-electron chi connectivity index (χ4n) is 2.69. The second-order valence-corrected chi connectivity index (χ2v) is 5.78. The van der Waals surface area contributed by atoms with Crippen LogP contribution in [0, 0.1) is 0 Å². The van der Waals surface area contributed by atoms with Crippen molar-refractivity contribution in [2.24, 2.45) is 0 Å². The van der Waals surface area contributed by atoms with Gasteiger partial charge in [0.15, 0.2) is 0 Å². The van der Waals surface area contributed by atoms with Crippen LogP contribution in [0.4, 0.5) is 0 Å². The quantitative estimate of drug-likeness (QED) is 0.431. The van der Waals surface area contributed by atoms with Crippen LogP contribution in [0.1, 0.15) is 32.0 Å². The van der Waals surface area contributed by atoms with Gasteiger partial charge in [0.05, 0.1) is 18.1 Å². The Labute approximate surface area is 147 Å². The molecule has 0 saturated heterocycles. The van der Waals surface area contributed by atoms with Crippen LogP contribution in [0.3, 0.4) is 0 Å². The minimum atomic E-state index is -0.281. The minimum absolute atomic E-state index is 0.0534. The van der Waals surface area contributed by atoms with Crippen LogP contribution in [0.5, 0.6) is 0 Å². The van der Waals surface area contributed by atoms with Gasteiger partial charge in [-0.2, -0.15) is 0 Å². The molecule has 6 heteroatoms. The van der Waals surface area contributed by atoms with Crippen molar-refractivity contribution in [1.29, 1.82) is 0 Å². The number of methoxy groups -OCH3 is 1. The molecule has 0 unspecified atom stereocenters. The van der Waals surface area contributed by atoms with Gasteiger partial charge in [0.2, 0.25) is 5.91 Å². The minimum Gasteiger partial charge on any atom is -0.468 e. The lowest BCUT2D eigenvalue weighted by Gasteiger charge is -2.08. The number of amides is 1. The van der Waals surface area contributed by atoms with E-state index in [2.05, 4.69) is 10.3 Å². The first-order valence-corrected chi connectivity index (χ1v) is 8.57. The van der Waals surface area contributed by atoms with Gasteiger partial charge in [-0.1, -0.05) is 24.6 Å². The largest absolute Gasteiger partial charge is 0.468 e. The first-order valence-electron chi connectivity index (χ1n) is 8.57. The molecule has 0 saturated carbocycles. The number of nitrogens with zero attached hydrogens (tertiary/aromatic N) is 2. The molecule has 134 valence electrons. The Bertz CT molecular complexity index is 749. The normalized spacial score (nSPS) is 11.1. The Morgan fingerprint density at radius 1 is 1.24 bits per heavy atom. The predicted octanol–water partition coefficient (Wildman–Crippen LogP) is 2.61. The van der Waals surface area contributed by atoms with Gasteiger partial charge < -0.3 is 14.6 Å². The number of para-hydroxylation sites is 2. The van der Waals surface area contributed by atoms with Crippen LogP contribution in [0.2, 0.25) is 0 Å². The SMILES string of the molecule is C/C=C/C(=O)NCCCCCc1nc2ccccc2n1CC(=O)OC. The first-order chi connectivity index (χ1) is 12.2. The smallest absolute Gasteiger partial charge is 0.325 e. The molecule has 1 heterocycles. The number of hydrogen-bond donors (Lipinski definition) is 1. The highest BCUT2D eigenvalue weighted by atomic mass is 16.5. The summed E-state index contributed by atoms with van der Waals surface area (Å²) in [5.74, 6) is 0.558. The van der Waals surface area contributed by atoms with Gasteiger partial charge in [0.25, 0.3) is 0 Å². The number of ether oxygens (including phenoxy) is 1. The molecule has 2 rings (SSSR count). The number of hydrogen-bond acceptors (Lipinski definition) is 4. The van der Waals surface area contributed by atoms with E-state index in [0.717, 1.165) is 42.5 Å². The van der Waals surface area contributed by atoms with Crippen LogP contribution in [-0.4, -0.2) is 35.1 Å². The van der Waals surface area contributed by atoms with Gasteiger partial charge in [0.1, 0.15) is 12.4 Å². The molecule has 0 spiro atoms. The van der Waals surface area contributed by atoms with Crippen LogP contribution >= 0.6 is 0 Å². The molecule has 1 aromatic heterocycles. The van der Waals surface area contributed by atoms with Crippen LogP contribution < -0.4 is 5.32 Å². The van der Waals surface area contributed by atoms with E-state index in [1.54, 1.807) is 6.08 Å². The summed E-state index contributed by atoms with van der Waals surface area (Å²) < 4.78 is 6.72. The number of rotatable bonds is 9. The number of nitrogens with one attached hydrogen (secondary N) is 1. The van der Waals surface area contributed by atoms with E-state index in [1.807, 2.05) is 35.8 Å². The van der Waals surface area contributed by atoms with Crippen molar-refractivity contribution in [2.75, 3.05) is 13.7 Å². The van der Waals surface area contributed by atoms with Crippen molar-refractivity contribution in [3.05, 3.63) is 42.2 Å². The Hall–Kier alpha value is -2.63. The molecule has 25 heavy (non-hydrogen) atoms. The molecule has 0 bridgehead atoms. The number of carbonyl (C=O) groups excluding carboxylic acids is 2. The highest BCUT2D eigenvalue weighted by Gasteiger charge is 2.13. The maximum atomic E-state index is 11.7. The van der Waals surface area contributed by atoms with Gasteiger partial charge in [0, 0.05) is 13.0 Å². The van der Waals surface area contributed by atoms with Gasteiger partial charge in [-0.05, 0) is 38.0 Å². The number of unbranched alkanes of at least 4 members (excludes halogenated alkanes) is 2. The molecule has 0 radical (unpaired) electrons. The van der Waals surface area contributed by atoms with Gasteiger partial charge in [-0.25, -0.2) is 4.98 Å². The molecule has 0 aliphatic carbocycles. The van der Waals surface area contributed by atoms with E-state index in [1.165, 1.54) is 13.2 Å². The van der Waals surface area contributed by atoms with Crippen molar-refractivity contribution < 1.29 is 14.3 Å². The molecule has 1 N–H and O–H groups in total. The summed E-state index contributed by atoms with van der Waals surface area (Å²) >= 11 is 0. The zero-order chi connectivity index (χ0) is 18.1. The summed E-state index contributed by atoms with van der Waals surface area (Å²) in [5.41, 5.74) is 1.83. The maximum absolute atomic E-state index is 11.7. The topological polar surface area (TPSA) is 73.2 Å². The van der Waals surface area contributed by atoms with Crippen molar-refractivity contribution in [1.82, 2.24) is 14.9 Å². The molecule has 2 aromatic rings. The number of fused-ring (bicyclic) bond motifs is 1. The van der Waals surface area contributed by atoms with Crippen LogP contribution in [0.15, 0.2) is 36.4 Å². The standard InChI is InChI=1S/C19H25N3O3/c1-3-9-18(23)20-13-8-4-5-12-17-21-15-10-6-7-11-16(15)22(17)14-19(24)25-2/h3,6-7,9-11H,4-5,8,12-14H2,1-2H3,(H,20,23)/b9-3+. The van der Waals surface area contributed by atoms with Gasteiger partial charge in [-0.3, -0.25) is 9.59 Å². The van der Waals surface area contributed by atoms with E-state index in [-0.39, 0.29) is 18.4 Å². The molecule has 0 aliphatic rings. The van der Waals surface area contributed by atoms with Crippen LogP contribution in [0.25, 0.3) is 11.0 Å². The van der Waals surface area contributed by atoms with Crippen LogP contribution in [-0.2, 0) is 27.3 Å². The highest BCUT2D eigenvalue weighted by Crippen LogP contribution is 2.18. The third-order valence-electron chi connectivity index (χ3n) is 3.94. The van der Waals surface area contributed by atoms with Crippen molar-refractivity contribution in [3.63, 3.8) is 0 Å². The van der Waals surface area contributed by atoms with Crippen molar-refractivity contribution in [2.45, 2.75) is 39.2 Å². The monoisotopic (exact) mass is 343 g/mol. The Morgan fingerprint density at radius 3 is 2.80 bits per heavy atom. The van der Waals surface area contributed by atoms with Gasteiger partial charge in [-0.15, -0.1) is 0 Å². The summed E-state index contributed by atoms with van der Waals surface area (Å²) in [6.45, 7) is 2.66. The fraction of sp³-hybridized carbons (Fsp3) is 0.421. The van der Waals surface area contributed by atoms with E-state index in [4.69, 9.17) is 4.74 Å². The molecule has 1 amide bonds. The second kappa shape index (κ2) is 9.61. The molecule has 0 atom stereocenters. The maximum Gasteiger partial charge on any atom is 0.325 e. The highest BCUT2D eigenvalue weighted by molar-refractivity contribution is 5.87. The fourth-order valence-corrected chi connectivity index (χ4v) is 2.69. The number of carbonyl (C=O) groups is 2. The third-order valence-corrected chi connectivity index (χ3v) is 3.94. The third kappa shape index (κ3) is 5.45. The van der Waals surface area contributed by atoms with Gasteiger partial charge >= 0.3 is 5.97 Å². The number of imidazole rings is 1. The molecule has 0 fully saturated rings. The van der Waals surface area contributed by atoms with E-state index >= 15 is 0 Å². The zero-order valence-corrected chi connectivity index (χ0v) is 14.8. The van der Waals surface area contributed by atoms with E-state index in [0.29, 0.717) is 6.54 Å². The average Bonchev–Trinajstić information content (AvgIpc) is 2.95. The molecule has 0 aliphatic heterocycles. The Morgan fingerprint density at radius 2 is 2.04 bits per heavy atom. The molecular weight excluding hydrogens is 318 g/mol. The Kier molecular flexibility index (Phi) is 7.19. The Balaban J connectivity index is 1.90. The number of benzene rings is 1. The summed E-state index contributed by atoms with van der Waals surface area (Å²) in [4.78, 5) is 27.7. The molecular formula is C19H25N3O3. The lowest BCUT2D eigenvalue weighted by Crippen LogP contribution is -2.22. The summed E-state index contributed by atoms with van der Waals surface area (Å²) in [7, 11) is 1.39. The zero-order valence-electron chi connectivity index (χ0n) is 14.8. The van der Waals surface area contributed by atoms with E-state index in [9.17, 15) is 9.59 Å². The summed E-state index contributed by atoms with van der Waals surface area (Å²) in [6, 6.07) is 7.79. The number of aryl methyl sites for hydroxylation is 1.